The molecule has 1 amide bonds. The Kier molecular flexibility index (Phi) is 7.26. The fourth-order valence-electron chi connectivity index (χ4n) is 4.84. The lowest BCUT2D eigenvalue weighted by Gasteiger charge is -2.24. The van der Waals surface area contributed by atoms with Gasteiger partial charge in [-0.25, -0.2) is 19.3 Å². The van der Waals surface area contributed by atoms with Gasteiger partial charge in [-0.05, 0) is 73.8 Å². The van der Waals surface area contributed by atoms with Crippen LogP contribution in [-0.4, -0.2) is 38.8 Å². The van der Waals surface area contributed by atoms with Gasteiger partial charge in [0.25, 0.3) is 5.91 Å². The van der Waals surface area contributed by atoms with Crippen molar-refractivity contribution in [2.45, 2.75) is 32.0 Å². The second kappa shape index (κ2) is 10.8. The summed E-state index contributed by atoms with van der Waals surface area (Å²) in [4.78, 5) is 27.3. The summed E-state index contributed by atoms with van der Waals surface area (Å²) in [5, 5.41) is 3.06. The van der Waals surface area contributed by atoms with Crippen molar-refractivity contribution in [1.29, 1.82) is 0 Å². The SMILES string of the molecule is CC#CCN1CCCC1c1cc(-c2ccc(C(=O)Nc3cc(C(F)(F)F)ccn3)cc2F)cc2cncnc12. The number of carbonyl (C=O) groups excluding carboxylic acids is 1. The first-order valence-corrected chi connectivity index (χ1v) is 12.3. The molecule has 198 valence electrons. The van der Waals surface area contributed by atoms with Gasteiger partial charge in [-0.1, -0.05) is 12.0 Å². The molecule has 4 aromatic rings. The molecule has 5 rings (SSSR count). The van der Waals surface area contributed by atoms with Gasteiger partial charge < -0.3 is 5.32 Å². The van der Waals surface area contributed by atoms with E-state index in [1.54, 1.807) is 19.2 Å². The number of fused-ring (bicyclic) bond motifs is 1. The van der Waals surface area contributed by atoms with Crippen LogP contribution in [0.1, 0.15) is 47.3 Å². The van der Waals surface area contributed by atoms with E-state index in [0.717, 1.165) is 60.2 Å². The number of nitrogens with zero attached hydrogens (tertiary/aromatic N) is 4. The lowest BCUT2D eigenvalue weighted by atomic mass is 9.94. The van der Waals surface area contributed by atoms with E-state index in [4.69, 9.17) is 0 Å². The van der Waals surface area contributed by atoms with Gasteiger partial charge in [0.1, 0.15) is 18.0 Å². The molecule has 2 aromatic heterocycles. The lowest BCUT2D eigenvalue weighted by molar-refractivity contribution is -0.137. The number of likely N-dealkylation sites (tertiary alicyclic amines) is 1. The normalized spacial score (nSPS) is 15.7. The van der Waals surface area contributed by atoms with Crippen molar-refractivity contribution >= 4 is 22.6 Å². The van der Waals surface area contributed by atoms with E-state index in [0.29, 0.717) is 12.1 Å². The molecule has 1 N–H and O–H groups in total. The average Bonchev–Trinajstić information content (AvgIpc) is 3.39. The molecule has 10 heteroatoms. The predicted molar refractivity (Wildman–Crippen MR) is 139 cm³/mol. The summed E-state index contributed by atoms with van der Waals surface area (Å²) in [7, 11) is 0. The van der Waals surface area contributed by atoms with Crippen LogP contribution < -0.4 is 5.32 Å². The highest BCUT2D eigenvalue weighted by atomic mass is 19.4. The van der Waals surface area contributed by atoms with E-state index >= 15 is 4.39 Å². The summed E-state index contributed by atoms with van der Waals surface area (Å²) < 4.78 is 54.3. The van der Waals surface area contributed by atoms with Crippen molar-refractivity contribution in [3.8, 4) is 23.0 Å². The Morgan fingerprint density at radius 3 is 2.77 bits per heavy atom. The number of amides is 1. The first-order chi connectivity index (χ1) is 18.7. The third kappa shape index (κ3) is 5.59. The molecule has 0 bridgehead atoms. The zero-order valence-electron chi connectivity index (χ0n) is 20.9. The van der Waals surface area contributed by atoms with Gasteiger partial charge in [-0.3, -0.25) is 9.69 Å². The molecule has 1 aliphatic rings. The van der Waals surface area contributed by atoms with Gasteiger partial charge >= 0.3 is 6.18 Å². The molecule has 6 nitrogen and oxygen atoms in total. The Bertz CT molecular complexity index is 1610. The van der Waals surface area contributed by atoms with Crippen molar-refractivity contribution in [3.63, 3.8) is 0 Å². The van der Waals surface area contributed by atoms with Crippen LogP contribution in [0.25, 0.3) is 22.0 Å². The van der Waals surface area contributed by atoms with Crippen LogP contribution in [0.4, 0.5) is 23.4 Å². The van der Waals surface area contributed by atoms with Crippen molar-refractivity contribution in [3.05, 3.63) is 83.7 Å². The number of aromatic nitrogens is 3. The maximum atomic E-state index is 15.4. The summed E-state index contributed by atoms with van der Waals surface area (Å²) in [5.41, 5.74) is 1.61. The van der Waals surface area contributed by atoms with Crippen LogP contribution in [0.15, 0.2) is 61.2 Å². The molecule has 3 heterocycles. The number of halogens is 4. The highest BCUT2D eigenvalue weighted by molar-refractivity contribution is 6.04. The van der Waals surface area contributed by atoms with E-state index in [2.05, 4.69) is 37.0 Å². The molecule has 0 radical (unpaired) electrons. The third-order valence-corrected chi connectivity index (χ3v) is 6.69. The van der Waals surface area contributed by atoms with Crippen molar-refractivity contribution in [2.24, 2.45) is 0 Å². The monoisotopic (exact) mass is 533 g/mol. The fourth-order valence-corrected chi connectivity index (χ4v) is 4.84. The Labute approximate surface area is 222 Å². The number of pyridine rings is 1. The largest absolute Gasteiger partial charge is 0.416 e. The minimum absolute atomic E-state index is 0.0556. The molecule has 2 aromatic carbocycles. The molecule has 39 heavy (non-hydrogen) atoms. The second-order valence-corrected chi connectivity index (χ2v) is 9.16. The maximum Gasteiger partial charge on any atom is 0.416 e. The minimum Gasteiger partial charge on any atom is -0.307 e. The highest BCUT2D eigenvalue weighted by Crippen LogP contribution is 2.38. The summed E-state index contributed by atoms with van der Waals surface area (Å²) in [6, 6.07) is 9.27. The molecule has 0 aliphatic carbocycles. The summed E-state index contributed by atoms with van der Waals surface area (Å²) in [6.45, 7) is 3.32. The number of hydrogen-bond donors (Lipinski definition) is 1. The Balaban J connectivity index is 1.46. The van der Waals surface area contributed by atoms with Crippen LogP contribution >= 0.6 is 0 Å². The van der Waals surface area contributed by atoms with Gasteiger partial charge in [0.2, 0.25) is 0 Å². The van der Waals surface area contributed by atoms with E-state index in [-0.39, 0.29) is 23.0 Å². The van der Waals surface area contributed by atoms with Gasteiger partial charge in [0.05, 0.1) is 17.6 Å². The molecule has 1 atom stereocenters. The summed E-state index contributed by atoms with van der Waals surface area (Å²) in [5.74, 6) is 4.34. The van der Waals surface area contributed by atoms with Gasteiger partial charge in [0, 0.05) is 34.9 Å². The number of rotatable bonds is 5. The van der Waals surface area contributed by atoms with Crippen LogP contribution in [0.5, 0.6) is 0 Å². The molecular weight excluding hydrogens is 510 g/mol. The average molecular weight is 534 g/mol. The minimum atomic E-state index is -4.58. The van der Waals surface area contributed by atoms with Gasteiger partial charge in [-0.15, -0.1) is 5.92 Å². The molecule has 1 fully saturated rings. The summed E-state index contributed by atoms with van der Waals surface area (Å²) in [6.07, 6.45) is 1.46. The molecule has 1 saturated heterocycles. The number of carbonyl (C=O) groups is 1. The molecule has 0 saturated carbocycles. The van der Waals surface area contributed by atoms with E-state index in [9.17, 15) is 18.0 Å². The topological polar surface area (TPSA) is 71.0 Å². The smallest absolute Gasteiger partial charge is 0.307 e. The van der Waals surface area contributed by atoms with Crippen molar-refractivity contribution in [2.75, 3.05) is 18.4 Å². The second-order valence-electron chi connectivity index (χ2n) is 9.16. The standard InChI is InChI=1S/C29H23F4N5O/c1-2-3-10-38-11-4-5-25(38)23-13-19(12-20-16-34-17-36-27(20)23)22-7-6-18(14-24(22)30)28(39)37-26-15-21(8-9-35-26)29(31,32)33/h6-9,12-17,25H,4-5,10-11H2,1H3,(H,35,37,39). The number of alkyl halides is 3. The maximum absolute atomic E-state index is 15.4. The predicted octanol–water partition coefficient (Wildman–Crippen LogP) is 6.26. The number of hydrogen-bond acceptors (Lipinski definition) is 5. The first-order valence-electron chi connectivity index (χ1n) is 12.3. The zero-order chi connectivity index (χ0) is 27.6. The van der Waals surface area contributed by atoms with Crippen molar-refractivity contribution < 1.29 is 22.4 Å². The van der Waals surface area contributed by atoms with Crippen LogP contribution in [-0.2, 0) is 6.18 Å². The zero-order valence-corrected chi connectivity index (χ0v) is 20.9. The van der Waals surface area contributed by atoms with E-state index in [1.165, 1.54) is 18.5 Å². The quantitative estimate of drug-likeness (QED) is 0.242. The Hall–Kier alpha value is -4.36. The molecule has 1 unspecified atom stereocenters. The molecule has 0 spiro atoms. The lowest BCUT2D eigenvalue weighted by Crippen LogP contribution is -2.24. The number of benzene rings is 2. The molecule has 1 aliphatic heterocycles. The molecular formula is C29H23F4N5O. The van der Waals surface area contributed by atoms with Gasteiger partial charge in [-0.2, -0.15) is 13.2 Å². The highest BCUT2D eigenvalue weighted by Gasteiger charge is 2.31. The third-order valence-electron chi connectivity index (χ3n) is 6.69. The van der Waals surface area contributed by atoms with E-state index in [1.807, 2.05) is 6.07 Å². The Morgan fingerprint density at radius 1 is 1.15 bits per heavy atom. The Morgan fingerprint density at radius 2 is 2.00 bits per heavy atom. The number of anilines is 1. The van der Waals surface area contributed by atoms with Crippen LogP contribution in [0.3, 0.4) is 0 Å². The first kappa shape index (κ1) is 26.3. The van der Waals surface area contributed by atoms with Gasteiger partial charge in [0.15, 0.2) is 0 Å². The van der Waals surface area contributed by atoms with Crippen molar-refractivity contribution in [1.82, 2.24) is 19.9 Å². The fraction of sp³-hybridized carbons (Fsp3) is 0.241. The van der Waals surface area contributed by atoms with Crippen LogP contribution in [0.2, 0.25) is 0 Å². The summed E-state index contributed by atoms with van der Waals surface area (Å²) >= 11 is 0. The number of nitrogens with one attached hydrogen (secondary N) is 1. The van der Waals surface area contributed by atoms with Crippen LogP contribution in [0, 0.1) is 17.7 Å². The van der Waals surface area contributed by atoms with E-state index < -0.39 is 23.5 Å².